The number of hydrogen-bond acceptors (Lipinski definition) is 3. The predicted molar refractivity (Wildman–Crippen MR) is 74.8 cm³/mol. The molecule has 1 N–H and O–H groups in total. The molecule has 0 aromatic carbocycles. The summed E-state index contributed by atoms with van der Waals surface area (Å²) in [5.41, 5.74) is 0.364. The number of amides is 1. The van der Waals surface area contributed by atoms with Gasteiger partial charge in [-0.3, -0.25) is 4.79 Å². The van der Waals surface area contributed by atoms with Crippen LogP contribution in [-0.4, -0.2) is 35.8 Å². The lowest BCUT2D eigenvalue weighted by molar-refractivity contribution is -0.188. The van der Waals surface area contributed by atoms with Gasteiger partial charge in [0, 0.05) is 12.2 Å². The van der Waals surface area contributed by atoms with Crippen molar-refractivity contribution < 1.29 is 22.7 Å². The summed E-state index contributed by atoms with van der Waals surface area (Å²) in [7, 11) is 0. The van der Waals surface area contributed by atoms with Crippen LogP contribution >= 0.6 is 11.6 Å². The first-order valence-corrected chi connectivity index (χ1v) is 7.32. The SMILES string of the molecule is O=C(NC1CCCC(OCC(F)(F)F)C1)c1ccc(Cl)nc1. The second kappa shape index (κ2) is 7.28. The molecule has 2 unspecified atom stereocenters. The van der Waals surface area contributed by atoms with E-state index in [9.17, 15) is 18.0 Å². The summed E-state index contributed by atoms with van der Waals surface area (Å²) in [6.07, 6.45) is -1.06. The Balaban J connectivity index is 1.84. The number of nitrogens with zero attached hydrogens (tertiary/aromatic N) is 1. The Morgan fingerprint density at radius 2 is 2.18 bits per heavy atom. The van der Waals surface area contributed by atoms with E-state index in [4.69, 9.17) is 16.3 Å². The van der Waals surface area contributed by atoms with Crippen LogP contribution in [0.5, 0.6) is 0 Å². The van der Waals surface area contributed by atoms with Crippen LogP contribution in [0.15, 0.2) is 18.3 Å². The van der Waals surface area contributed by atoms with Crippen molar-refractivity contribution in [2.75, 3.05) is 6.61 Å². The molecule has 1 aromatic rings. The Hall–Kier alpha value is -1.34. The highest BCUT2D eigenvalue weighted by molar-refractivity contribution is 6.29. The fraction of sp³-hybridized carbons (Fsp3) is 0.571. The highest BCUT2D eigenvalue weighted by Gasteiger charge is 2.31. The van der Waals surface area contributed by atoms with E-state index in [2.05, 4.69) is 10.3 Å². The summed E-state index contributed by atoms with van der Waals surface area (Å²) < 4.78 is 41.4. The number of pyridine rings is 1. The van der Waals surface area contributed by atoms with E-state index >= 15 is 0 Å². The molecule has 1 aliphatic rings. The molecule has 2 rings (SSSR count). The van der Waals surface area contributed by atoms with Crippen LogP contribution in [-0.2, 0) is 4.74 Å². The predicted octanol–water partition coefficient (Wildman–Crippen LogP) is 3.35. The molecule has 0 spiro atoms. The lowest BCUT2D eigenvalue weighted by Gasteiger charge is -2.30. The molecule has 2 atom stereocenters. The molecule has 1 heterocycles. The van der Waals surface area contributed by atoms with Gasteiger partial charge in [-0.05, 0) is 37.8 Å². The van der Waals surface area contributed by atoms with Crippen LogP contribution in [0, 0.1) is 0 Å². The third kappa shape index (κ3) is 5.46. The molecule has 1 saturated carbocycles. The number of alkyl halides is 3. The minimum Gasteiger partial charge on any atom is -0.369 e. The van der Waals surface area contributed by atoms with Crippen LogP contribution in [0.25, 0.3) is 0 Å². The summed E-state index contributed by atoms with van der Waals surface area (Å²) in [5.74, 6) is -0.314. The molecule has 1 amide bonds. The molecule has 8 heteroatoms. The molecule has 0 aliphatic heterocycles. The maximum absolute atomic E-state index is 12.2. The van der Waals surface area contributed by atoms with Crippen molar-refractivity contribution in [2.24, 2.45) is 0 Å². The van der Waals surface area contributed by atoms with Crippen molar-refractivity contribution in [3.63, 3.8) is 0 Å². The highest BCUT2D eigenvalue weighted by Crippen LogP contribution is 2.24. The Bertz CT molecular complexity index is 508. The standard InChI is InChI=1S/C14H16ClF3N2O2/c15-12-5-4-9(7-19-12)13(21)20-10-2-1-3-11(6-10)22-8-14(16,17)18/h4-5,7,10-11H,1-3,6,8H2,(H,20,21). The molecular formula is C14H16ClF3N2O2. The van der Waals surface area contributed by atoms with Gasteiger partial charge in [-0.2, -0.15) is 13.2 Å². The van der Waals surface area contributed by atoms with Crippen LogP contribution in [0.3, 0.4) is 0 Å². The molecule has 0 saturated heterocycles. The lowest BCUT2D eigenvalue weighted by atomic mass is 9.92. The third-order valence-corrected chi connectivity index (χ3v) is 3.66. The van der Waals surface area contributed by atoms with Gasteiger partial charge >= 0.3 is 6.18 Å². The number of carbonyl (C=O) groups excluding carboxylic acids is 1. The van der Waals surface area contributed by atoms with Gasteiger partial charge in [0.2, 0.25) is 0 Å². The van der Waals surface area contributed by atoms with Crippen molar-refractivity contribution in [3.05, 3.63) is 29.0 Å². The maximum Gasteiger partial charge on any atom is 0.411 e. The minimum absolute atomic E-state index is 0.199. The number of aromatic nitrogens is 1. The van der Waals surface area contributed by atoms with Gasteiger partial charge in [0.1, 0.15) is 11.8 Å². The van der Waals surface area contributed by atoms with E-state index < -0.39 is 18.9 Å². The molecule has 4 nitrogen and oxygen atoms in total. The summed E-state index contributed by atoms with van der Waals surface area (Å²) in [6, 6.07) is 2.85. The maximum atomic E-state index is 12.2. The highest BCUT2D eigenvalue weighted by atomic mass is 35.5. The monoisotopic (exact) mass is 336 g/mol. The van der Waals surface area contributed by atoms with Gasteiger partial charge in [0.25, 0.3) is 5.91 Å². The number of rotatable bonds is 4. The molecule has 22 heavy (non-hydrogen) atoms. The van der Waals surface area contributed by atoms with E-state index in [1.165, 1.54) is 12.3 Å². The second-order valence-electron chi connectivity index (χ2n) is 5.25. The zero-order chi connectivity index (χ0) is 16.2. The fourth-order valence-corrected chi connectivity index (χ4v) is 2.53. The van der Waals surface area contributed by atoms with Gasteiger partial charge in [-0.15, -0.1) is 0 Å². The zero-order valence-corrected chi connectivity index (χ0v) is 12.5. The van der Waals surface area contributed by atoms with Crippen LogP contribution < -0.4 is 5.32 Å². The van der Waals surface area contributed by atoms with E-state index in [1.807, 2.05) is 0 Å². The van der Waals surface area contributed by atoms with Crippen LogP contribution in [0.4, 0.5) is 13.2 Å². The number of ether oxygens (including phenoxy) is 1. The van der Waals surface area contributed by atoms with E-state index in [0.29, 0.717) is 24.8 Å². The Morgan fingerprint density at radius 3 is 2.82 bits per heavy atom. The second-order valence-corrected chi connectivity index (χ2v) is 5.64. The molecular weight excluding hydrogens is 321 g/mol. The fourth-order valence-electron chi connectivity index (χ4n) is 2.42. The third-order valence-electron chi connectivity index (χ3n) is 3.43. The number of carbonyl (C=O) groups is 1. The molecule has 1 fully saturated rings. The van der Waals surface area contributed by atoms with Crippen molar-refractivity contribution >= 4 is 17.5 Å². The first-order chi connectivity index (χ1) is 10.3. The van der Waals surface area contributed by atoms with Gasteiger partial charge in [-0.25, -0.2) is 4.98 Å². The van der Waals surface area contributed by atoms with Gasteiger partial charge in [0.05, 0.1) is 11.7 Å². The van der Waals surface area contributed by atoms with Gasteiger partial charge in [-0.1, -0.05) is 11.6 Å². The van der Waals surface area contributed by atoms with E-state index in [0.717, 1.165) is 6.42 Å². The summed E-state index contributed by atoms with van der Waals surface area (Å²) in [5, 5.41) is 3.09. The van der Waals surface area contributed by atoms with Crippen LogP contribution in [0.2, 0.25) is 5.15 Å². The molecule has 122 valence electrons. The quantitative estimate of drug-likeness (QED) is 0.858. The van der Waals surface area contributed by atoms with Crippen molar-refractivity contribution in [3.8, 4) is 0 Å². The number of hydrogen-bond donors (Lipinski definition) is 1. The lowest BCUT2D eigenvalue weighted by Crippen LogP contribution is -2.41. The normalized spacial score (nSPS) is 22.4. The van der Waals surface area contributed by atoms with Gasteiger partial charge in [0.15, 0.2) is 0 Å². The molecule has 1 aromatic heterocycles. The Kier molecular flexibility index (Phi) is 5.63. The Labute approximate surface area is 131 Å². The largest absolute Gasteiger partial charge is 0.411 e. The first kappa shape index (κ1) is 17.0. The number of halogens is 4. The first-order valence-electron chi connectivity index (χ1n) is 6.94. The molecule has 0 bridgehead atoms. The van der Waals surface area contributed by atoms with E-state index in [1.54, 1.807) is 6.07 Å². The van der Waals surface area contributed by atoms with Crippen molar-refractivity contribution in [1.82, 2.24) is 10.3 Å². The topological polar surface area (TPSA) is 51.2 Å². The summed E-state index contributed by atoms with van der Waals surface area (Å²) in [4.78, 5) is 15.9. The zero-order valence-electron chi connectivity index (χ0n) is 11.7. The average molecular weight is 337 g/mol. The smallest absolute Gasteiger partial charge is 0.369 e. The van der Waals surface area contributed by atoms with Crippen LogP contribution in [0.1, 0.15) is 36.0 Å². The minimum atomic E-state index is -4.33. The van der Waals surface area contributed by atoms with Crippen molar-refractivity contribution in [1.29, 1.82) is 0 Å². The number of nitrogens with one attached hydrogen (secondary N) is 1. The molecule has 1 aliphatic carbocycles. The summed E-state index contributed by atoms with van der Waals surface area (Å²) >= 11 is 5.65. The summed E-state index contributed by atoms with van der Waals surface area (Å²) in [6.45, 7) is -1.25. The van der Waals surface area contributed by atoms with E-state index in [-0.39, 0.29) is 17.1 Å². The van der Waals surface area contributed by atoms with Crippen molar-refractivity contribution in [2.45, 2.75) is 44.0 Å². The van der Waals surface area contributed by atoms with Gasteiger partial charge < -0.3 is 10.1 Å². The Morgan fingerprint density at radius 1 is 1.41 bits per heavy atom. The average Bonchev–Trinajstić information content (AvgIpc) is 2.45. The molecule has 0 radical (unpaired) electrons.